The molecule has 2 aliphatic heterocycles. The Morgan fingerprint density at radius 1 is 1.16 bits per heavy atom. The molecule has 0 unspecified atom stereocenters. The fourth-order valence-electron chi connectivity index (χ4n) is 5.68. The summed E-state index contributed by atoms with van der Waals surface area (Å²) in [6, 6.07) is 15.8. The van der Waals surface area contributed by atoms with Gasteiger partial charge in [0.1, 0.15) is 12.4 Å². The summed E-state index contributed by atoms with van der Waals surface area (Å²) in [5.74, 6) is 0.827. The van der Waals surface area contributed by atoms with Gasteiger partial charge in [0.05, 0.1) is 35.2 Å². The van der Waals surface area contributed by atoms with Gasteiger partial charge in [0.15, 0.2) is 0 Å². The largest absolute Gasteiger partial charge is 0.491 e. The molecule has 37 heavy (non-hydrogen) atoms. The summed E-state index contributed by atoms with van der Waals surface area (Å²) in [6.45, 7) is 4.81. The van der Waals surface area contributed by atoms with Crippen molar-refractivity contribution in [3.05, 3.63) is 93.4 Å². The van der Waals surface area contributed by atoms with Gasteiger partial charge < -0.3 is 14.4 Å². The predicted molar refractivity (Wildman–Crippen MR) is 141 cm³/mol. The zero-order chi connectivity index (χ0) is 25.5. The number of anilines is 2. The number of rotatable bonds is 5. The normalized spacial score (nSPS) is 16.4. The summed E-state index contributed by atoms with van der Waals surface area (Å²) in [5, 5.41) is 9.66. The molecule has 1 saturated carbocycles. The first kappa shape index (κ1) is 23.3. The summed E-state index contributed by atoms with van der Waals surface area (Å²) in [5.41, 5.74) is 9.12. The number of carbonyl (C=O) groups excluding carboxylic acids is 1. The number of benzene rings is 2. The SMILES string of the molecule is CC1=C(C(=O)OCc2ccccc2)Cc2c(C3CCC3)ncc(C)c2N1c1ccc(C#N)c2c1OCC2. The number of allylic oxidation sites excluding steroid dienone is 1. The van der Waals surface area contributed by atoms with Crippen molar-refractivity contribution in [2.45, 2.75) is 58.5 Å². The number of aryl methyl sites for hydroxylation is 1. The molecule has 2 aromatic carbocycles. The van der Waals surface area contributed by atoms with E-state index in [0.717, 1.165) is 63.6 Å². The molecule has 0 amide bonds. The Morgan fingerprint density at radius 2 is 1.97 bits per heavy atom. The molecule has 6 rings (SSSR count). The second-order valence-electron chi connectivity index (χ2n) is 10.1. The van der Waals surface area contributed by atoms with E-state index in [0.29, 0.717) is 36.5 Å². The molecule has 1 aromatic heterocycles. The monoisotopic (exact) mass is 491 g/mol. The highest BCUT2D eigenvalue weighted by Crippen LogP contribution is 2.50. The molecular weight excluding hydrogens is 462 g/mol. The average molecular weight is 492 g/mol. The zero-order valence-corrected chi connectivity index (χ0v) is 21.2. The van der Waals surface area contributed by atoms with Gasteiger partial charge in [-0.25, -0.2) is 4.79 Å². The Kier molecular flexibility index (Phi) is 5.92. The van der Waals surface area contributed by atoms with E-state index >= 15 is 0 Å². The lowest BCUT2D eigenvalue weighted by atomic mass is 9.78. The fraction of sp³-hybridized carbons (Fsp3) is 0.323. The molecule has 186 valence electrons. The molecule has 1 aliphatic carbocycles. The smallest absolute Gasteiger partial charge is 0.336 e. The fourth-order valence-corrected chi connectivity index (χ4v) is 5.68. The van der Waals surface area contributed by atoms with Gasteiger partial charge in [-0.2, -0.15) is 5.26 Å². The third kappa shape index (κ3) is 3.95. The Morgan fingerprint density at radius 3 is 2.70 bits per heavy atom. The van der Waals surface area contributed by atoms with Gasteiger partial charge in [-0.1, -0.05) is 36.8 Å². The van der Waals surface area contributed by atoms with Crippen molar-refractivity contribution < 1.29 is 14.3 Å². The minimum absolute atomic E-state index is 0.222. The Hall–Kier alpha value is -4.11. The molecule has 3 aromatic rings. The number of esters is 1. The van der Waals surface area contributed by atoms with Crippen LogP contribution in [0.1, 0.15) is 65.6 Å². The molecule has 3 aliphatic rings. The standard InChI is InChI=1S/C31H29N3O3/c1-19-17-33-28(22-9-6-10-22)26-15-25(31(35)37-18-21-7-4-3-5-8-21)20(2)34(29(19)26)27-12-11-23(16-32)24-13-14-36-30(24)27/h3-5,7-8,11-12,17,22H,6,9-10,13-15,18H2,1-2H3. The zero-order valence-electron chi connectivity index (χ0n) is 21.2. The minimum atomic E-state index is -0.315. The number of hydrogen-bond donors (Lipinski definition) is 0. The number of carbonyl (C=O) groups is 1. The van der Waals surface area contributed by atoms with Gasteiger partial charge in [0.25, 0.3) is 0 Å². The van der Waals surface area contributed by atoms with E-state index in [2.05, 4.69) is 17.9 Å². The van der Waals surface area contributed by atoms with E-state index in [1.807, 2.05) is 55.6 Å². The van der Waals surface area contributed by atoms with E-state index in [9.17, 15) is 10.1 Å². The van der Waals surface area contributed by atoms with E-state index in [1.165, 1.54) is 6.42 Å². The van der Waals surface area contributed by atoms with Crippen LogP contribution < -0.4 is 9.64 Å². The van der Waals surface area contributed by atoms with Crippen LogP contribution in [0.5, 0.6) is 5.75 Å². The van der Waals surface area contributed by atoms with Gasteiger partial charge in [0.2, 0.25) is 0 Å². The van der Waals surface area contributed by atoms with E-state index in [4.69, 9.17) is 14.5 Å². The van der Waals surface area contributed by atoms with E-state index in [1.54, 1.807) is 0 Å². The molecule has 6 heteroatoms. The lowest BCUT2D eigenvalue weighted by molar-refractivity contribution is -0.140. The molecule has 0 N–H and O–H groups in total. The third-order valence-electron chi connectivity index (χ3n) is 7.87. The maximum absolute atomic E-state index is 13.6. The summed E-state index contributed by atoms with van der Waals surface area (Å²) in [6.07, 6.45) is 6.59. The highest BCUT2D eigenvalue weighted by Gasteiger charge is 2.36. The van der Waals surface area contributed by atoms with Gasteiger partial charge in [0, 0.05) is 47.5 Å². The molecule has 0 saturated heterocycles. The van der Waals surface area contributed by atoms with Crippen molar-refractivity contribution in [2.24, 2.45) is 0 Å². The van der Waals surface area contributed by atoms with Gasteiger partial charge in [-0.15, -0.1) is 0 Å². The topological polar surface area (TPSA) is 75.5 Å². The number of hydrogen-bond acceptors (Lipinski definition) is 6. The molecular formula is C31H29N3O3. The van der Waals surface area contributed by atoms with Crippen LogP contribution in [0.2, 0.25) is 0 Å². The highest BCUT2D eigenvalue weighted by atomic mass is 16.5. The van der Waals surface area contributed by atoms with Crippen LogP contribution in [0.4, 0.5) is 11.4 Å². The van der Waals surface area contributed by atoms with Gasteiger partial charge in [-0.05, 0) is 49.9 Å². The predicted octanol–water partition coefficient (Wildman–Crippen LogP) is 6.18. The maximum Gasteiger partial charge on any atom is 0.336 e. The van der Waals surface area contributed by atoms with Crippen molar-refractivity contribution in [2.75, 3.05) is 11.5 Å². The number of nitriles is 1. The quantitative estimate of drug-likeness (QED) is 0.397. The number of fused-ring (bicyclic) bond motifs is 2. The van der Waals surface area contributed by atoms with Crippen LogP contribution in [-0.4, -0.2) is 17.6 Å². The molecule has 3 heterocycles. The maximum atomic E-state index is 13.6. The summed E-state index contributed by atoms with van der Waals surface area (Å²) >= 11 is 0. The van der Waals surface area contributed by atoms with Crippen molar-refractivity contribution in [3.8, 4) is 11.8 Å². The Labute approximate surface area is 217 Å². The first-order valence-electron chi connectivity index (χ1n) is 12.9. The second kappa shape index (κ2) is 9.40. The summed E-state index contributed by atoms with van der Waals surface area (Å²) < 4.78 is 11.9. The van der Waals surface area contributed by atoms with E-state index in [-0.39, 0.29) is 12.6 Å². The van der Waals surface area contributed by atoms with Gasteiger partial charge >= 0.3 is 5.97 Å². The van der Waals surface area contributed by atoms with Crippen LogP contribution in [-0.2, 0) is 29.0 Å². The van der Waals surface area contributed by atoms with E-state index < -0.39 is 0 Å². The summed E-state index contributed by atoms with van der Waals surface area (Å²) in [7, 11) is 0. The molecule has 0 bridgehead atoms. The van der Waals surface area contributed by atoms with Crippen LogP contribution in [0.25, 0.3) is 0 Å². The first-order chi connectivity index (χ1) is 18.1. The van der Waals surface area contributed by atoms with Gasteiger partial charge in [-0.3, -0.25) is 4.98 Å². The first-order valence-corrected chi connectivity index (χ1v) is 12.9. The molecule has 0 radical (unpaired) electrons. The summed E-state index contributed by atoms with van der Waals surface area (Å²) in [4.78, 5) is 20.6. The van der Waals surface area contributed by atoms with Crippen LogP contribution in [0.3, 0.4) is 0 Å². The number of pyridine rings is 1. The van der Waals surface area contributed by atoms with Crippen molar-refractivity contribution >= 4 is 17.3 Å². The Bertz CT molecular complexity index is 1470. The van der Waals surface area contributed by atoms with Crippen molar-refractivity contribution in [1.29, 1.82) is 5.26 Å². The van der Waals surface area contributed by atoms with Crippen LogP contribution >= 0.6 is 0 Å². The molecule has 0 atom stereocenters. The molecule has 0 spiro atoms. The lowest BCUT2D eigenvalue weighted by Gasteiger charge is -2.38. The van der Waals surface area contributed by atoms with Crippen molar-refractivity contribution in [1.82, 2.24) is 4.98 Å². The Balaban J connectivity index is 1.48. The third-order valence-corrected chi connectivity index (χ3v) is 7.87. The lowest BCUT2D eigenvalue weighted by Crippen LogP contribution is -2.29. The number of ether oxygens (including phenoxy) is 2. The average Bonchev–Trinajstić information content (AvgIpc) is 3.38. The number of nitrogens with zero attached hydrogens (tertiary/aromatic N) is 3. The highest BCUT2D eigenvalue weighted by molar-refractivity contribution is 5.95. The van der Waals surface area contributed by atoms with Crippen molar-refractivity contribution in [3.63, 3.8) is 0 Å². The van der Waals surface area contributed by atoms with Crippen LogP contribution in [0.15, 0.2) is 59.9 Å². The molecule has 1 fully saturated rings. The van der Waals surface area contributed by atoms with Crippen LogP contribution in [0, 0.1) is 18.3 Å². The number of aromatic nitrogens is 1. The molecule has 6 nitrogen and oxygen atoms in total. The minimum Gasteiger partial charge on any atom is -0.491 e. The second-order valence-corrected chi connectivity index (χ2v) is 10.1.